The Balaban J connectivity index is 1.87. The fourth-order valence-corrected chi connectivity index (χ4v) is 2.71. The summed E-state index contributed by atoms with van der Waals surface area (Å²) >= 11 is 0. The molecule has 0 saturated carbocycles. The maximum atomic E-state index is 12.6. The molecule has 6 heteroatoms. The van der Waals surface area contributed by atoms with E-state index in [9.17, 15) is 14.7 Å². The van der Waals surface area contributed by atoms with Gasteiger partial charge in [0.1, 0.15) is 6.04 Å². The normalized spacial score (nSPS) is 20.3. The molecule has 0 spiro atoms. The van der Waals surface area contributed by atoms with E-state index in [1.54, 1.807) is 11.8 Å². The van der Waals surface area contributed by atoms with Crippen molar-refractivity contribution >= 4 is 11.9 Å². The minimum absolute atomic E-state index is 0.0190. The van der Waals surface area contributed by atoms with Gasteiger partial charge in [0.15, 0.2) is 0 Å². The molecule has 1 aliphatic rings. The molecule has 1 aromatic carbocycles. The van der Waals surface area contributed by atoms with Crippen molar-refractivity contribution in [1.29, 1.82) is 0 Å². The Hall–Kier alpha value is -2.08. The van der Waals surface area contributed by atoms with Crippen LogP contribution in [0.4, 0.5) is 4.79 Å². The molecular formula is C19H29N3O3. The average molecular weight is 347 g/mol. The number of likely N-dealkylation sites (tertiary alicyclic amines) is 1. The molecule has 1 heterocycles. The van der Waals surface area contributed by atoms with E-state index >= 15 is 0 Å². The smallest absolute Gasteiger partial charge is 0.315 e. The number of aliphatic hydroxyl groups is 1. The molecule has 25 heavy (non-hydrogen) atoms. The molecule has 2 rings (SSSR count). The summed E-state index contributed by atoms with van der Waals surface area (Å²) in [6, 6.07) is 8.90. The quantitative estimate of drug-likeness (QED) is 0.735. The van der Waals surface area contributed by atoms with E-state index in [4.69, 9.17) is 0 Å². The number of carbonyl (C=O) groups excluding carboxylic acids is 2. The van der Waals surface area contributed by atoms with Gasteiger partial charge in [-0.3, -0.25) is 4.79 Å². The molecule has 1 saturated heterocycles. The Morgan fingerprint density at radius 3 is 2.68 bits per heavy atom. The number of nitrogens with one attached hydrogen (secondary N) is 2. The first-order chi connectivity index (χ1) is 11.8. The predicted octanol–water partition coefficient (Wildman–Crippen LogP) is 1.88. The molecule has 0 aliphatic carbocycles. The lowest BCUT2D eigenvalue weighted by atomic mass is 9.93. The fraction of sp³-hybridized carbons (Fsp3) is 0.579. The van der Waals surface area contributed by atoms with Crippen molar-refractivity contribution in [3.8, 4) is 0 Å². The number of nitrogens with zero attached hydrogens (tertiary/aromatic N) is 1. The lowest BCUT2D eigenvalue weighted by molar-refractivity contribution is -0.136. The molecule has 2 atom stereocenters. The van der Waals surface area contributed by atoms with Gasteiger partial charge in [0.2, 0.25) is 5.91 Å². The molecule has 0 aromatic heterocycles. The lowest BCUT2D eigenvalue weighted by Gasteiger charge is -2.33. The fourth-order valence-electron chi connectivity index (χ4n) is 2.71. The Labute approximate surface area is 149 Å². The van der Waals surface area contributed by atoms with Crippen LogP contribution < -0.4 is 10.6 Å². The second-order valence-corrected chi connectivity index (χ2v) is 7.28. The van der Waals surface area contributed by atoms with E-state index in [2.05, 4.69) is 10.6 Å². The number of rotatable bonds is 6. The van der Waals surface area contributed by atoms with Crippen molar-refractivity contribution in [2.24, 2.45) is 5.92 Å². The average Bonchev–Trinajstić information content (AvgIpc) is 2.57. The summed E-state index contributed by atoms with van der Waals surface area (Å²) in [5, 5.41) is 15.6. The van der Waals surface area contributed by atoms with Gasteiger partial charge in [-0.2, -0.15) is 0 Å². The van der Waals surface area contributed by atoms with Gasteiger partial charge in [0.05, 0.1) is 5.60 Å². The highest BCUT2D eigenvalue weighted by atomic mass is 16.3. The van der Waals surface area contributed by atoms with Crippen molar-refractivity contribution in [3.05, 3.63) is 35.9 Å². The maximum absolute atomic E-state index is 12.6. The van der Waals surface area contributed by atoms with Gasteiger partial charge in [0.25, 0.3) is 0 Å². The SMILES string of the molecule is CC(C)C(C)(O)CNC(=O)NC1CCCN(Cc2ccccc2)C1=O. The number of hydrogen-bond acceptors (Lipinski definition) is 3. The number of piperidine rings is 1. The van der Waals surface area contributed by atoms with E-state index in [0.29, 0.717) is 19.5 Å². The van der Waals surface area contributed by atoms with Crippen LogP contribution in [0.2, 0.25) is 0 Å². The highest BCUT2D eigenvalue weighted by molar-refractivity contribution is 5.87. The lowest BCUT2D eigenvalue weighted by Crippen LogP contribution is -2.55. The zero-order chi connectivity index (χ0) is 18.4. The minimum Gasteiger partial charge on any atom is -0.388 e. The molecule has 1 fully saturated rings. The zero-order valence-electron chi connectivity index (χ0n) is 15.3. The number of benzene rings is 1. The number of urea groups is 1. The van der Waals surface area contributed by atoms with Crippen molar-refractivity contribution in [2.75, 3.05) is 13.1 Å². The summed E-state index contributed by atoms with van der Waals surface area (Å²) in [6.07, 6.45) is 1.49. The third-order valence-corrected chi connectivity index (χ3v) is 4.90. The summed E-state index contributed by atoms with van der Waals surface area (Å²) in [5.74, 6) is -0.0358. The van der Waals surface area contributed by atoms with Crippen LogP contribution in [0, 0.1) is 5.92 Å². The van der Waals surface area contributed by atoms with Gasteiger partial charge in [-0.05, 0) is 31.2 Å². The molecule has 0 radical (unpaired) electrons. The Bertz CT molecular complexity index is 587. The van der Waals surface area contributed by atoms with Gasteiger partial charge in [-0.15, -0.1) is 0 Å². The Kier molecular flexibility index (Phi) is 6.42. The molecule has 138 valence electrons. The van der Waals surface area contributed by atoms with Crippen molar-refractivity contribution in [1.82, 2.24) is 15.5 Å². The van der Waals surface area contributed by atoms with Gasteiger partial charge in [-0.25, -0.2) is 4.79 Å². The van der Waals surface area contributed by atoms with Gasteiger partial charge in [-0.1, -0.05) is 44.2 Å². The van der Waals surface area contributed by atoms with Gasteiger partial charge < -0.3 is 20.6 Å². The predicted molar refractivity (Wildman–Crippen MR) is 96.9 cm³/mol. The van der Waals surface area contributed by atoms with Crippen molar-refractivity contribution in [2.45, 2.75) is 51.8 Å². The maximum Gasteiger partial charge on any atom is 0.315 e. The second kappa shape index (κ2) is 8.34. The summed E-state index contributed by atoms with van der Waals surface area (Å²) in [6.45, 7) is 6.88. The molecule has 0 bridgehead atoms. The van der Waals surface area contributed by atoms with Crippen LogP contribution in [0.25, 0.3) is 0 Å². The van der Waals surface area contributed by atoms with Gasteiger partial charge >= 0.3 is 6.03 Å². The molecular weight excluding hydrogens is 318 g/mol. The number of amides is 3. The van der Waals surface area contributed by atoms with Crippen molar-refractivity contribution in [3.63, 3.8) is 0 Å². The van der Waals surface area contributed by atoms with E-state index in [0.717, 1.165) is 12.0 Å². The summed E-state index contributed by atoms with van der Waals surface area (Å²) in [7, 11) is 0. The van der Waals surface area contributed by atoms with E-state index in [1.807, 2.05) is 44.2 Å². The second-order valence-electron chi connectivity index (χ2n) is 7.28. The highest BCUT2D eigenvalue weighted by Crippen LogP contribution is 2.16. The molecule has 3 amide bonds. The largest absolute Gasteiger partial charge is 0.388 e. The summed E-state index contributed by atoms with van der Waals surface area (Å²) in [4.78, 5) is 26.5. The first-order valence-electron chi connectivity index (χ1n) is 8.89. The molecule has 1 aromatic rings. The van der Waals surface area contributed by atoms with Crippen LogP contribution in [0.3, 0.4) is 0 Å². The van der Waals surface area contributed by atoms with E-state index in [1.165, 1.54) is 0 Å². The first-order valence-corrected chi connectivity index (χ1v) is 8.89. The molecule has 6 nitrogen and oxygen atoms in total. The Morgan fingerprint density at radius 2 is 2.04 bits per heavy atom. The van der Waals surface area contributed by atoms with E-state index in [-0.39, 0.29) is 18.4 Å². The van der Waals surface area contributed by atoms with Crippen molar-refractivity contribution < 1.29 is 14.7 Å². The first kappa shape index (κ1) is 19.2. The number of carbonyl (C=O) groups is 2. The topological polar surface area (TPSA) is 81.7 Å². The van der Waals surface area contributed by atoms with Crippen LogP contribution in [0.15, 0.2) is 30.3 Å². The molecule has 1 aliphatic heterocycles. The monoisotopic (exact) mass is 347 g/mol. The van der Waals surface area contributed by atoms with Crippen LogP contribution in [-0.4, -0.2) is 46.7 Å². The molecule has 2 unspecified atom stereocenters. The van der Waals surface area contributed by atoms with E-state index < -0.39 is 17.7 Å². The summed E-state index contributed by atoms with van der Waals surface area (Å²) < 4.78 is 0. The Morgan fingerprint density at radius 1 is 1.36 bits per heavy atom. The van der Waals surface area contributed by atoms with Crippen LogP contribution in [-0.2, 0) is 11.3 Å². The minimum atomic E-state index is -0.979. The standard InChI is InChI=1S/C19H29N3O3/c1-14(2)19(3,25)13-20-18(24)21-16-10-7-11-22(17(16)23)12-15-8-5-4-6-9-15/h4-6,8-9,14,16,25H,7,10-13H2,1-3H3,(H2,20,21,24). The third-order valence-electron chi connectivity index (χ3n) is 4.90. The van der Waals surface area contributed by atoms with Crippen LogP contribution in [0.1, 0.15) is 39.2 Å². The molecule has 3 N–H and O–H groups in total. The highest BCUT2D eigenvalue weighted by Gasteiger charge is 2.31. The van der Waals surface area contributed by atoms with Gasteiger partial charge in [0, 0.05) is 19.6 Å². The summed E-state index contributed by atoms with van der Waals surface area (Å²) in [5.41, 5.74) is 0.0988. The van der Waals surface area contributed by atoms with Crippen LogP contribution >= 0.6 is 0 Å². The third kappa shape index (κ3) is 5.46. The number of hydrogen-bond donors (Lipinski definition) is 3. The zero-order valence-corrected chi connectivity index (χ0v) is 15.3. The van der Waals surface area contributed by atoms with Crippen LogP contribution in [0.5, 0.6) is 0 Å².